The van der Waals surface area contributed by atoms with Crippen molar-refractivity contribution in [3.63, 3.8) is 0 Å². The van der Waals surface area contributed by atoms with Gasteiger partial charge in [0, 0.05) is 5.69 Å². The Kier molecular flexibility index (Phi) is 6.43. The van der Waals surface area contributed by atoms with Crippen molar-refractivity contribution in [1.29, 1.82) is 0 Å². The van der Waals surface area contributed by atoms with Gasteiger partial charge in [-0.1, -0.05) is 32.9 Å². The Hall–Kier alpha value is -1.82. The van der Waals surface area contributed by atoms with E-state index in [9.17, 15) is 14.4 Å². The number of hydrogen-bond donors (Lipinski definition) is 1. The van der Waals surface area contributed by atoms with E-state index in [4.69, 9.17) is 0 Å². The predicted octanol–water partition coefficient (Wildman–Crippen LogP) is 2.85. The Morgan fingerprint density at radius 3 is 2.04 bits per heavy atom. The summed E-state index contributed by atoms with van der Waals surface area (Å²) < 4.78 is 0. The van der Waals surface area contributed by atoms with Gasteiger partial charge in [0.2, 0.25) is 17.7 Å². The molecule has 1 heterocycles. The monoisotopic (exact) mass is 348 g/mol. The number of nitrogens with zero attached hydrogens (tertiary/aromatic N) is 1. The minimum atomic E-state index is -0.349. The minimum absolute atomic E-state index is 0.221. The molecular formula is C18H24N2O3S. The van der Waals surface area contributed by atoms with Crippen LogP contribution >= 0.6 is 11.8 Å². The van der Waals surface area contributed by atoms with Crippen LogP contribution in [0.15, 0.2) is 24.3 Å². The molecule has 1 fully saturated rings. The van der Waals surface area contributed by atoms with E-state index in [1.807, 2.05) is 38.1 Å². The van der Waals surface area contributed by atoms with Crippen LogP contribution in [0.25, 0.3) is 0 Å². The number of aryl methyl sites for hydroxylation is 1. The van der Waals surface area contributed by atoms with Gasteiger partial charge < -0.3 is 5.32 Å². The van der Waals surface area contributed by atoms with Crippen LogP contribution in [0, 0.1) is 0 Å². The number of nitrogens with one attached hydrogen (secondary N) is 1. The van der Waals surface area contributed by atoms with Gasteiger partial charge >= 0.3 is 0 Å². The lowest BCUT2D eigenvalue weighted by Crippen LogP contribution is -2.53. The lowest BCUT2D eigenvalue weighted by Gasteiger charge is -2.34. The van der Waals surface area contributed by atoms with E-state index in [1.165, 1.54) is 17.3 Å². The zero-order valence-electron chi connectivity index (χ0n) is 14.4. The molecule has 6 heteroatoms. The number of benzene rings is 1. The van der Waals surface area contributed by atoms with Crippen LogP contribution in [-0.2, 0) is 20.8 Å². The first-order chi connectivity index (χ1) is 11.5. The van der Waals surface area contributed by atoms with Crippen LogP contribution < -0.4 is 5.32 Å². The molecule has 2 atom stereocenters. The predicted molar refractivity (Wildman–Crippen MR) is 96.9 cm³/mol. The number of carbonyl (C=O) groups is 3. The fourth-order valence-corrected chi connectivity index (χ4v) is 3.91. The first kappa shape index (κ1) is 18.5. The zero-order chi connectivity index (χ0) is 17.7. The second kappa shape index (κ2) is 8.33. The summed E-state index contributed by atoms with van der Waals surface area (Å²) in [4.78, 5) is 38.2. The maximum absolute atomic E-state index is 12.4. The molecule has 0 bridgehead atoms. The van der Waals surface area contributed by atoms with E-state index >= 15 is 0 Å². The highest BCUT2D eigenvalue weighted by Gasteiger charge is 2.40. The molecule has 0 saturated carbocycles. The number of carbonyl (C=O) groups excluding carboxylic acids is 3. The summed E-state index contributed by atoms with van der Waals surface area (Å²) in [6.07, 6.45) is 2.24. The summed E-state index contributed by atoms with van der Waals surface area (Å²) in [5, 5.41) is 2.26. The Labute approximate surface area is 147 Å². The smallest absolute Gasteiger partial charge is 0.244 e. The Morgan fingerprint density at radius 2 is 1.58 bits per heavy atom. The Bertz CT molecular complexity index is 593. The van der Waals surface area contributed by atoms with Crippen LogP contribution in [0.4, 0.5) is 5.69 Å². The first-order valence-corrected chi connectivity index (χ1v) is 9.33. The van der Waals surface area contributed by atoms with Crippen LogP contribution in [-0.4, -0.2) is 39.7 Å². The highest BCUT2D eigenvalue weighted by atomic mass is 32.2. The summed E-state index contributed by atoms with van der Waals surface area (Å²) in [5.74, 6) is -0.861. The van der Waals surface area contributed by atoms with Crippen LogP contribution in [0.2, 0.25) is 0 Å². The Morgan fingerprint density at radius 1 is 1.04 bits per heavy atom. The summed E-state index contributed by atoms with van der Waals surface area (Å²) in [5.41, 5.74) is 1.85. The highest BCUT2D eigenvalue weighted by Crippen LogP contribution is 2.31. The van der Waals surface area contributed by atoms with E-state index < -0.39 is 0 Å². The molecule has 0 radical (unpaired) electrons. The molecule has 3 amide bonds. The fourth-order valence-electron chi connectivity index (χ4n) is 2.64. The number of rotatable bonds is 6. The van der Waals surface area contributed by atoms with E-state index in [1.54, 1.807) is 0 Å². The number of amides is 3. The SMILES string of the molecule is CCc1ccc(NC(=O)CN2C(=O)[C@H](CC)S[C@@H](CC)C2=O)cc1. The summed E-state index contributed by atoms with van der Waals surface area (Å²) in [7, 11) is 0. The summed E-state index contributed by atoms with van der Waals surface area (Å²) in [6.45, 7) is 5.69. The largest absolute Gasteiger partial charge is 0.325 e. The van der Waals surface area contributed by atoms with Crippen LogP contribution in [0.5, 0.6) is 0 Å². The normalized spacial score (nSPS) is 21.0. The van der Waals surface area contributed by atoms with Crippen molar-refractivity contribution in [3.05, 3.63) is 29.8 Å². The van der Waals surface area contributed by atoms with E-state index in [2.05, 4.69) is 12.2 Å². The zero-order valence-corrected chi connectivity index (χ0v) is 15.2. The van der Waals surface area contributed by atoms with Crippen molar-refractivity contribution in [1.82, 2.24) is 4.90 Å². The van der Waals surface area contributed by atoms with Crippen molar-refractivity contribution >= 4 is 35.2 Å². The minimum Gasteiger partial charge on any atom is -0.325 e. The van der Waals surface area contributed by atoms with E-state index in [-0.39, 0.29) is 34.8 Å². The van der Waals surface area contributed by atoms with Crippen LogP contribution in [0.1, 0.15) is 39.2 Å². The third-order valence-corrected chi connectivity index (χ3v) is 5.83. The summed E-state index contributed by atoms with van der Waals surface area (Å²) in [6, 6.07) is 7.56. The lowest BCUT2D eigenvalue weighted by atomic mass is 10.1. The molecule has 1 aliphatic rings. The van der Waals surface area contributed by atoms with Crippen molar-refractivity contribution in [3.8, 4) is 0 Å². The topological polar surface area (TPSA) is 66.5 Å². The maximum Gasteiger partial charge on any atom is 0.244 e. The van der Waals surface area contributed by atoms with Gasteiger partial charge in [-0.15, -0.1) is 11.8 Å². The van der Waals surface area contributed by atoms with Gasteiger partial charge in [0.25, 0.3) is 0 Å². The fraction of sp³-hybridized carbons (Fsp3) is 0.500. The molecule has 5 nitrogen and oxygen atoms in total. The van der Waals surface area contributed by atoms with Crippen molar-refractivity contribution in [2.45, 2.75) is 50.5 Å². The van der Waals surface area contributed by atoms with Gasteiger partial charge in [0.1, 0.15) is 6.54 Å². The number of anilines is 1. The number of thioether (sulfide) groups is 1. The number of imide groups is 1. The van der Waals surface area contributed by atoms with Gasteiger partial charge in [0.15, 0.2) is 0 Å². The molecule has 2 rings (SSSR count). The third-order valence-electron chi connectivity index (χ3n) is 4.10. The average Bonchev–Trinajstić information content (AvgIpc) is 2.59. The van der Waals surface area contributed by atoms with Crippen molar-refractivity contribution < 1.29 is 14.4 Å². The molecule has 0 aliphatic carbocycles. The number of hydrogen-bond acceptors (Lipinski definition) is 4. The molecule has 1 aliphatic heterocycles. The first-order valence-electron chi connectivity index (χ1n) is 8.39. The van der Waals surface area contributed by atoms with Gasteiger partial charge in [0.05, 0.1) is 10.5 Å². The van der Waals surface area contributed by atoms with E-state index in [0.29, 0.717) is 18.5 Å². The van der Waals surface area contributed by atoms with Crippen LogP contribution in [0.3, 0.4) is 0 Å². The molecule has 0 spiro atoms. The molecule has 1 aromatic carbocycles. The molecule has 0 unspecified atom stereocenters. The van der Waals surface area contributed by atoms with Gasteiger partial charge in [-0.25, -0.2) is 0 Å². The third kappa shape index (κ3) is 4.17. The molecule has 1 aromatic rings. The van der Waals surface area contributed by atoms with Crippen molar-refractivity contribution in [2.75, 3.05) is 11.9 Å². The lowest BCUT2D eigenvalue weighted by molar-refractivity contribution is -0.147. The van der Waals surface area contributed by atoms with E-state index in [0.717, 1.165) is 11.3 Å². The maximum atomic E-state index is 12.4. The highest BCUT2D eigenvalue weighted by molar-refractivity contribution is 8.02. The second-order valence-electron chi connectivity index (χ2n) is 5.79. The molecule has 130 valence electrons. The molecule has 24 heavy (non-hydrogen) atoms. The molecule has 1 saturated heterocycles. The Balaban J connectivity index is 2.04. The average molecular weight is 348 g/mol. The van der Waals surface area contributed by atoms with Gasteiger partial charge in [-0.3, -0.25) is 19.3 Å². The van der Waals surface area contributed by atoms with Gasteiger partial charge in [-0.2, -0.15) is 0 Å². The summed E-state index contributed by atoms with van der Waals surface area (Å²) >= 11 is 1.41. The molecule has 1 N–H and O–H groups in total. The molecule has 0 aromatic heterocycles. The molecular weight excluding hydrogens is 324 g/mol. The van der Waals surface area contributed by atoms with Crippen molar-refractivity contribution in [2.24, 2.45) is 0 Å². The van der Waals surface area contributed by atoms with Gasteiger partial charge in [-0.05, 0) is 37.0 Å². The second-order valence-corrected chi connectivity index (χ2v) is 7.20. The standard InChI is InChI=1S/C18H24N2O3S/c1-4-12-7-9-13(10-8-12)19-16(21)11-20-17(22)14(5-2)24-15(6-3)18(20)23/h7-10,14-15H,4-6,11H2,1-3H3,(H,19,21)/t14-,15-/m0/s1. The quantitative estimate of drug-likeness (QED) is 0.803.